The lowest BCUT2D eigenvalue weighted by Crippen LogP contribution is -2.56. The number of carbonyl (C=O) groups excluding carboxylic acids is 4. The fourth-order valence-electron chi connectivity index (χ4n) is 5.69. The molecule has 0 unspecified atom stereocenters. The highest BCUT2D eigenvalue weighted by molar-refractivity contribution is 6.09. The van der Waals surface area contributed by atoms with Crippen LogP contribution in [0.25, 0.3) is 0 Å². The monoisotopic (exact) mass is 497 g/mol. The van der Waals surface area contributed by atoms with Crippen molar-refractivity contribution in [2.45, 2.75) is 83.0 Å². The maximum atomic E-state index is 14.2. The first kappa shape index (κ1) is 25.7. The zero-order valence-corrected chi connectivity index (χ0v) is 21.8. The second-order valence-corrected chi connectivity index (χ2v) is 11.0. The summed E-state index contributed by atoms with van der Waals surface area (Å²) in [6, 6.07) is 4.85. The number of ether oxygens (including phenoxy) is 2. The third-order valence-electron chi connectivity index (χ3n) is 7.10. The molecule has 3 heterocycles. The molecule has 0 aliphatic carbocycles. The van der Waals surface area contributed by atoms with E-state index in [0.717, 1.165) is 11.1 Å². The number of likely N-dealkylation sites (tertiary alicyclic amines) is 2. The number of anilines is 1. The molecule has 0 bridgehead atoms. The molecule has 3 aliphatic rings. The second-order valence-electron chi connectivity index (χ2n) is 11.0. The third kappa shape index (κ3) is 4.24. The summed E-state index contributed by atoms with van der Waals surface area (Å²) in [5.41, 5.74) is 0.448. The molecule has 3 aliphatic heterocycles. The molecule has 9 heteroatoms. The van der Waals surface area contributed by atoms with E-state index in [1.54, 1.807) is 20.8 Å². The Bertz CT molecular complexity index is 1120. The van der Waals surface area contributed by atoms with Crippen molar-refractivity contribution in [3.63, 3.8) is 0 Å². The SMILES string of the molecule is COC(=O)[C@@H]1C[C@@]2(C(=O)Nc3ccccc32)[C@@H](C=C(C)C)N1C(=O)[C@@H]1CCCN1C(=O)OC(C)(C)C. The summed E-state index contributed by atoms with van der Waals surface area (Å²) in [4.78, 5) is 56.8. The van der Waals surface area contributed by atoms with E-state index in [9.17, 15) is 19.2 Å². The van der Waals surface area contributed by atoms with E-state index in [2.05, 4.69) is 5.32 Å². The van der Waals surface area contributed by atoms with E-state index in [1.807, 2.05) is 44.2 Å². The number of nitrogens with one attached hydrogen (secondary N) is 1. The third-order valence-corrected chi connectivity index (χ3v) is 7.10. The predicted molar refractivity (Wildman–Crippen MR) is 133 cm³/mol. The number of esters is 1. The average molecular weight is 498 g/mol. The summed E-state index contributed by atoms with van der Waals surface area (Å²) in [6.45, 7) is 9.49. The number of carbonyl (C=O) groups is 4. The van der Waals surface area contributed by atoms with Gasteiger partial charge in [-0.15, -0.1) is 0 Å². The van der Waals surface area contributed by atoms with Gasteiger partial charge in [-0.1, -0.05) is 29.8 Å². The van der Waals surface area contributed by atoms with Gasteiger partial charge >= 0.3 is 12.1 Å². The van der Waals surface area contributed by atoms with Crippen LogP contribution in [-0.2, 0) is 29.3 Å². The first-order valence-corrected chi connectivity index (χ1v) is 12.4. The van der Waals surface area contributed by atoms with Gasteiger partial charge in [-0.3, -0.25) is 14.5 Å². The zero-order valence-electron chi connectivity index (χ0n) is 21.8. The van der Waals surface area contributed by atoms with E-state index < -0.39 is 41.2 Å². The van der Waals surface area contributed by atoms with Crippen molar-refractivity contribution in [3.8, 4) is 0 Å². The summed E-state index contributed by atoms with van der Waals surface area (Å²) in [7, 11) is 1.27. The molecule has 1 N–H and O–H groups in total. The van der Waals surface area contributed by atoms with Crippen molar-refractivity contribution >= 4 is 29.6 Å². The normalized spacial score (nSPS) is 27.1. The van der Waals surface area contributed by atoms with Crippen molar-refractivity contribution in [2.75, 3.05) is 19.0 Å². The van der Waals surface area contributed by atoms with Crippen LogP contribution in [0.1, 0.15) is 59.4 Å². The van der Waals surface area contributed by atoms with Crippen LogP contribution in [0.15, 0.2) is 35.9 Å². The highest BCUT2D eigenvalue weighted by Crippen LogP contribution is 2.51. The molecule has 36 heavy (non-hydrogen) atoms. The first-order chi connectivity index (χ1) is 16.9. The Labute approximate surface area is 211 Å². The summed E-state index contributed by atoms with van der Waals surface area (Å²) in [5, 5.41) is 2.95. The van der Waals surface area contributed by atoms with Gasteiger partial charge in [-0.05, 0) is 65.5 Å². The molecule has 2 fully saturated rings. The van der Waals surface area contributed by atoms with Crippen LogP contribution >= 0.6 is 0 Å². The molecule has 1 spiro atoms. The van der Waals surface area contributed by atoms with Gasteiger partial charge in [0, 0.05) is 12.2 Å². The Kier molecular flexibility index (Phi) is 6.62. The Hall–Kier alpha value is -3.36. The van der Waals surface area contributed by atoms with Gasteiger partial charge in [0.2, 0.25) is 11.8 Å². The number of amides is 3. The summed E-state index contributed by atoms with van der Waals surface area (Å²) >= 11 is 0. The van der Waals surface area contributed by atoms with Crippen LogP contribution in [0.5, 0.6) is 0 Å². The van der Waals surface area contributed by atoms with Gasteiger partial charge in [-0.25, -0.2) is 9.59 Å². The number of hydrogen-bond acceptors (Lipinski definition) is 6. The molecule has 0 radical (unpaired) electrons. The number of para-hydroxylation sites is 1. The van der Waals surface area contributed by atoms with Crippen LogP contribution in [-0.4, -0.2) is 71.1 Å². The van der Waals surface area contributed by atoms with Gasteiger partial charge in [-0.2, -0.15) is 0 Å². The predicted octanol–water partition coefficient (Wildman–Crippen LogP) is 3.38. The van der Waals surface area contributed by atoms with Crippen molar-refractivity contribution < 1.29 is 28.7 Å². The lowest BCUT2D eigenvalue weighted by atomic mass is 9.73. The van der Waals surface area contributed by atoms with Gasteiger partial charge < -0.3 is 19.7 Å². The topological polar surface area (TPSA) is 105 Å². The molecule has 0 saturated carbocycles. The second kappa shape index (κ2) is 9.26. The van der Waals surface area contributed by atoms with E-state index in [-0.39, 0.29) is 18.2 Å². The molecule has 1 aromatic carbocycles. The van der Waals surface area contributed by atoms with Crippen LogP contribution in [0.3, 0.4) is 0 Å². The van der Waals surface area contributed by atoms with Crippen LogP contribution in [0.4, 0.5) is 10.5 Å². The van der Waals surface area contributed by atoms with Crippen molar-refractivity contribution in [1.29, 1.82) is 0 Å². The minimum Gasteiger partial charge on any atom is -0.467 e. The fourth-order valence-corrected chi connectivity index (χ4v) is 5.69. The van der Waals surface area contributed by atoms with Gasteiger partial charge in [0.1, 0.15) is 23.1 Å². The van der Waals surface area contributed by atoms with Crippen LogP contribution < -0.4 is 5.32 Å². The Balaban J connectivity index is 1.80. The standard InChI is InChI=1S/C27H35N3O6/c1-16(2)14-21-27(17-10-7-8-11-18(17)28-24(27)33)15-20(23(32)35-6)30(21)22(31)19-12-9-13-29(19)25(34)36-26(3,4)5/h7-8,10-11,14,19-21H,9,12-13,15H2,1-6H3,(H,28,33)/t19-,20-,21+,27-/m0/s1. The molecule has 194 valence electrons. The molecule has 1 aromatic rings. The number of benzene rings is 1. The van der Waals surface area contributed by atoms with E-state index in [4.69, 9.17) is 9.47 Å². The van der Waals surface area contributed by atoms with Gasteiger partial charge in [0.25, 0.3) is 0 Å². The number of nitrogens with zero attached hydrogens (tertiary/aromatic N) is 2. The van der Waals surface area contributed by atoms with E-state index in [1.165, 1.54) is 16.9 Å². The molecule has 2 saturated heterocycles. The number of methoxy groups -OCH3 is 1. The van der Waals surface area contributed by atoms with Crippen molar-refractivity contribution in [2.24, 2.45) is 0 Å². The summed E-state index contributed by atoms with van der Waals surface area (Å²) in [5.74, 6) is -1.23. The van der Waals surface area contributed by atoms with E-state index in [0.29, 0.717) is 25.1 Å². The van der Waals surface area contributed by atoms with Crippen LogP contribution in [0, 0.1) is 0 Å². The minimum absolute atomic E-state index is 0.0852. The fraction of sp³-hybridized carbons (Fsp3) is 0.556. The first-order valence-electron chi connectivity index (χ1n) is 12.4. The lowest BCUT2D eigenvalue weighted by molar-refractivity contribution is -0.153. The molecule has 3 amide bonds. The molecule has 9 nitrogen and oxygen atoms in total. The number of fused-ring (bicyclic) bond motifs is 2. The van der Waals surface area contributed by atoms with Gasteiger partial charge in [0.05, 0.1) is 13.2 Å². The highest BCUT2D eigenvalue weighted by Gasteiger charge is 2.64. The van der Waals surface area contributed by atoms with Crippen LogP contribution in [0.2, 0.25) is 0 Å². The summed E-state index contributed by atoms with van der Waals surface area (Å²) < 4.78 is 10.7. The molecule has 4 atom stereocenters. The van der Waals surface area contributed by atoms with E-state index >= 15 is 0 Å². The van der Waals surface area contributed by atoms with Crippen molar-refractivity contribution in [3.05, 3.63) is 41.5 Å². The largest absolute Gasteiger partial charge is 0.467 e. The average Bonchev–Trinajstić information content (AvgIpc) is 3.48. The maximum absolute atomic E-state index is 14.2. The smallest absolute Gasteiger partial charge is 0.410 e. The molecular formula is C27H35N3O6. The molecular weight excluding hydrogens is 462 g/mol. The number of rotatable bonds is 3. The zero-order chi connectivity index (χ0) is 26.4. The summed E-state index contributed by atoms with van der Waals surface area (Å²) in [6.07, 6.45) is 2.47. The Morgan fingerprint density at radius 1 is 1.14 bits per heavy atom. The lowest BCUT2D eigenvalue weighted by Gasteiger charge is -2.36. The van der Waals surface area contributed by atoms with Gasteiger partial charge in [0.15, 0.2) is 0 Å². The number of allylic oxidation sites excluding steroid dienone is 1. The number of hydrogen-bond donors (Lipinski definition) is 1. The minimum atomic E-state index is -1.16. The Morgan fingerprint density at radius 2 is 1.83 bits per heavy atom. The molecule has 4 rings (SSSR count). The molecule has 0 aromatic heterocycles. The quantitative estimate of drug-likeness (QED) is 0.507. The maximum Gasteiger partial charge on any atom is 0.410 e. The highest BCUT2D eigenvalue weighted by atomic mass is 16.6. The van der Waals surface area contributed by atoms with Crippen molar-refractivity contribution in [1.82, 2.24) is 9.80 Å². The Morgan fingerprint density at radius 3 is 2.47 bits per heavy atom.